The molecule has 0 heterocycles. The first-order valence-corrected chi connectivity index (χ1v) is 15.2. The van der Waals surface area contributed by atoms with Gasteiger partial charge < -0.3 is 31.7 Å². The SMILES string of the molecule is C[C@@H](NC(=O)[C@@H](N)Cc1ccc(O)cc1)C(=O)NCC(=O)N(C)[C@@H](Cc1ccc(Cl)cc1)C(=O)NCCCS(C)=O. The Balaban J connectivity index is 1.94. The summed E-state index contributed by atoms with van der Waals surface area (Å²) in [5.74, 6) is -1.49. The van der Waals surface area contributed by atoms with Crippen molar-refractivity contribution in [2.75, 3.05) is 32.1 Å². The molecule has 41 heavy (non-hydrogen) atoms. The summed E-state index contributed by atoms with van der Waals surface area (Å²) in [6.07, 6.45) is 2.53. The Morgan fingerprint density at radius 1 is 0.951 bits per heavy atom. The third-order valence-corrected chi connectivity index (χ3v) is 7.42. The molecule has 0 radical (unpaired) electrons. The van der Waals surface area contributed by atoms with Gasteiger partial charge >= 0.3 is 0 Å². The third-order valence-electron chi connectivity index (χ3n) is 6.31. The van der Waals surface area contributed by atoms with Crippen LogP contribution in [0.4, 0.5) is 0 Å². The third kappa shape index (κ3) is 11.9. The van der Waals surface area contributed by atoms with E-state index in [1.165, 1.54) is 31.0 Å². The van der Waals surface area contributed by atoms with Crippen LogP contribution in [0.15, 0.2) is 48.5 Å². The predicted molar refractivity (Wildman–Crippen MR) is 159 cm³/mol. The van der Waals surface area contributed by atoms with Crippen LogP contribution in [0.5, 0.6) is 5.75 Å². The molecule has 2 rings (SSSR count). The van der Waals surface area contributed by atoms with E-state index in [1.54, 1.807) is 42.7 Å². The van der Waals surface area contributed by atoms with E-state index in [0.29, 0.717) is 23.7 Å². The summed E-state index contributed by atoms with van der Waals surface area (Å²) in [6.45, 7) is 1.38. The molecule has 0 saturated heterocycles. The zero-order valence-electron chi connectivity index (χ0n) is 23.4. The van der Waals surface area contributed by atoms with Crippen LogP contribution in [0.1, 0.15) is 24.5 Å². The normalized spacial score (nSPS) is 13.8. The standard InChI is InChI=1S/C28H38ClN5O6S/c1-18(33-27(38)23(30)15-19-7-11-22(35)12-8-19)26(37)32-17-25(36)34(2)24(16-20-5-9-21(29)10-6-20)28(39)31-13-4-14-41(3)40/h5-12,18,23-24,35H,4,13-17,30H2,1-3H3,(H,31,39)(H,32,37)(H,33,38)/t18-,23+,24+,41?/m1/s1. The number of halogens is 1. The van der Waals surface area contributed by atoms with Crippen LogP contribution in [0.2, 0.25) is 5.02 Å². The molecule has 1 unspecified atom stereocenters. The number of nitrogens with zero attached hydrogens (tertiary/aromatic N) is 1. The van der Waals surface area contributed by atoms with Gasteiger partial charge in [0.1, 0.15) is 17.8 Å². The maximum atomic E-state index is 13.0. The molecule has 2 aromatic carbocycles. The maximum absolute atomic E-state index is 13.0. The second kappa shape index (κ2) is 16.7. The zero-order chi connectivity index (χ0) is 30.5. The lowest BCUT2D eigenvalue weighted by molar-refractivity contribution is -0.139. The van der Waals surface area contributed by atoms with Crippen LogP contribution in [0.3, 0.4) is 0 Å². The summed E-state index contributed by atoms with van der Waals surface area (Å²) in [5.41, 5.74) is 7.49. The van der Waals surface area contributed by atoms with Gasteiger partial charge in [-0.1, -0.05) is 35.9 Å². The van der Waals surface area contributed by atoms with Gasteiger partial charge in [-0.25, -0.2) is 0 Å². The van der Waals surface area contributed by atoms with Crippen molar-refractivity contribution in [1.29, 1.82) is 0 Å². The van der Waals surface area contributed by atoms with Crippen LogP contribution >= 0.6 is 11.6 Å². The number of nitrogens with one attached hydrogen (secondary N) is 3. The smallest absolute Gasteiger partial charge is 0.243 e. The lowest BCUT2D eigenvalue weighted by Gasteiger charge is -2.28. The molecule has 4 atom stereocenters. The van der Waals surface area contributed by atoms with Crippen molar-refractivity contribution in [2.24, 2.45) is 5.73 Å². The largest absolute Gasteiger partial charge is 0.508 e. The van der Waals surface area contributed by atoms with Gasteiger partial charge in [-0.15, -0.1) is 0 Å². The molecule has 4 amide bonds. The first-order chi connectivity index (χ1) is 19.4. The number of hydrogen-bond donors (Lipinski definition) is 5. The monoisotopic (exact) mass is 607 g/mol. The number of phenols is 1. The average molecular weight is 608 g/mol. The number of rotatable bonds is 15. The number of carbonyl (C=O) groups excluding carboxylic acids is 4. The highest BCUT2D eigenvalue weighted by atomic mass is 35.5. The van der Waals surface area contributed by atoms with Crippen LogP contribution in [0.25, 0.3) is 0 Å². The van der Waals surface area contributed by atoms with E-state index in [4.69, 9.17) is 17.3 Å². The summed E-state index contributed by atoms with van der Waals surface area (Å²) < 4.78 is 11.3. The van der Waals surface area contributed by atoms with Crippen molar-refractivity contribution in [3.05, 3.63) is 64.7 Å². The Bertz CT molecular complexity index is 1210. The molecular formula is C28H38ClN5O6S. The maximum Gasteiger partial charge on any atom is 0.243 e. The van der Waals surface area contributed by atoms with Crippen LogP contribution in [-0.4, -0.2) is 88.1 Å². The highest BCUT2D eigenvalue weighted by Crippen LogP contribution is 2.14. The van der Waals surface area contributed by atoms with Gasteiger partial charge in [0.15, 0.2) is 0 Å². The van der Waals surface area contributed by atoms with Gasteiger partial charge in [0.25, 0.3) is 0 Å². The van der Waals surface area contributed by atoms with E-state index in [2.05, 4.69) is 16.0 Å². The van der Waals surface area contributed by atoms with E-state index >= 15 is 0 Å². The number of hydrogen-bond acceptors (Lipinski definition) is 7. The summed E-state index contributed by atoms with van der Waals surface area (Å²) >= 11 is 5.97. The Morgan fingerprint density at radius 3 is 2.15 bits per heavy atom. The van der Waals surface area contributed by atoms with Crippen molar-refractivity contribution < 1.29 is 28.5 Å². The fourth-order valence-electron chi connectivity index (χ4n) is 3.83. The molecule has 2 aromatic rings. The van der Waals surface area contributed by atoms with Gasteiger partial charge in [-0.2, -0.15) is 0 Å². The highest BCUT2D eigenvalue weighted by molar-refractivity contribution is 7.84. The van der Waals surface area contributed by atoms with Crippen molar-refractivity contribution in [1.82, 2.24) is 20.9 Å². The van der Waals surface area contributed by atoms with Crippen LogP contribution in [-0.2, 0) is 42.8 Å². The van der Waals surface area contributed by atoms with E-state index < -0.39 is 53.2 Å². The van der Waals surface area contributed by atoms with Crippen molar-refractivity contribution in [3.8, 4) is 5.75 Å². The van der Waals surface area contributed by atoms with E-state index in [-0.39, 0.29) is 24.5 Å². The molecule has 0 saturated carbocycles. The fourth-order valence-corrected chi connectivity index (χ4v) is 4.51. The Kier molecular flexibility index (Phi) is 13.7. The fraction of sp³-hybridized carbons (Fsp3) is 0.429. The lowest BCUT2D eigenvalue weighted by Crippen LogP contribution is -2.54. The Morgan fingerprint density at radius 2 is 1.54 bits per heavy atom. The van der Waals surface area contributed by atoms with E-state index in [1.807, 2.05) is 0 Å². The molecule has 6 N–H and O–H groups in total. The number of phenolic OH excluding ortho intramolecular Hbond substituents is 1. The van der Waals surface area contributed by atoms with Gasteiger partial charge in [0.2, 0.25) is 23.6 Å². The zero-order valence-corrected chi connectivity index (χ0v) is 25.0. The topological polar surface area (TPSA) is 171 Å². The summed E-state index contributed by atoms with van der Waals surface area (Å²) in [7, 11) is 0.496. The molecule has 0 spiro atoms. The average Bonchev–Trinajstić information content (AvgIpc) is 2.93. The Hall–Kier alpha value is -3.48. The molecule has 0 aliphatic heterocycles. The van der Waals surface area contributed by atoms with Crippen molar-refractivity contribution >= 4 is 46.0 Å². The summed E-state index contributed by atoms with van der Waals surface area (Å²) in [4.78, 5) is 52.3. The second-order valence-corrected chi connectivity index (χ2v) is 11.7. The molecule has 0 bridgehead atoms. The molecular weight excluding hydrogens is 570 g/mol. The molecule has 0 fully saturated rings. The second-order valence-electron chi connectivity index (χ2n) is 9.70. The number of nitrogens with two attached hydrogens (primary N) is 1. The molecule has 13 heteroatoms. The minimum atomic E-state index is -0.979. The number of likely N-dealkylation sites (N-methyl/N-ethyl adjacent to an activating group) is 1. The first kappa shape index (κ1) is 33.7. The minimum absolute atomic E-state index is 0.0972. The summed E-state index contributed by atoms with van der Waals surface area (Å²) in [6, 6.07) is 10.4. The van der Waals surface area contributed by atoms with Crippen LogP contribution < -0.4 is 21.7 Å². The summed E-state index contributed by atoms with van der Waals surface area (Å²) in [5, 5.41) is 17.7. The van der Waals surface area contributed by atoms with Gasteiger partial charge in [-0.05, 0) is 55.2 Å². The number of carbonyl (C=O) groups is 4. The first-order valence-electron chi connectivity index (χ1n) is 13.1. The Labute approximate surface area is 247 Å². The number of aromatic hydroxyl groups is 1. The van der Waals surface area contributed by atoms with Crippen molar-refractivity contribution in [2.45, 2.75) is 44.3 Å². The van der Waals surface area contributed by atoms with Crippen LogP contribution in [0, 0.1) is 0 Å². The molecule has 11 nitrogen and oxygen atoms in total. The number of benzene rings is 2. The lowest BCUT2D eigenvalue weighted by atomic mass is 10.0. The molecule has 0 aliphatic rings. The van der Waals surface area contributed by atoms with Gasteiger partial charge in [0, 0.05) is 47.8 Å². The molecule has 0 aliphatic carbocycles. The van der Waals surface area contributed by atoms with E-state index in [0.717, 1.165) is 11.1 Å². The van der Waals surface area contributed by atoms with E-state index in [9.17, 15) is 28.5 Å². The number of amides is 4. The highest BCUT2D eigenvalue weighted by Gasteiger charge is 2.28. The van der Waals surface area contributed by atoms with Gasteiger partial charge in [-0.3, -0.25) is 23.4 Å². The predicted octanol–water partition coefficient (Wildman–Crippen LogP) is 0.491. The minimum Gasteiger partial charge on any atom is -0.508 e. The molecule has 0 aromatic heterocycles. The van der Waals surface area contributed by atoms with Crippen molar-refractivity contribution in [3.63, 3.8) is 0 Å². The van der Waals surface area contributed by atoms with Gasteiger partial charge in [0.05, 0.1) is 12.6 Å². The molecule has 224 valence electrons. The quantitative estimate of drug-likeness (QED) is 0.183.